The SMILES string of the molecule is CC(NC(=O)c1onc2c1CN(C(=O)c1cc3c(Cl)cccc3[nH]1)CC2)C(F)(F)F. The zero-order chi connectivity index (χ0) is 21.6. The summed E-state index contributed by atoms with van der Waals surface area (Å²) in [6.45, 7) is 1.14. The minimum atomic E-state index is -4.59. The molecule has 2 aromatic heterocycles. The molecule has 7 nitrogen and oxygen atoms in total. The first-order valence-electron chi connectivity index (χ1n) is 9.06. The second kappa shape index (κ2) is 7.35. The van der Waals surface area contributed by atoms with Crippen molar-refractivity contribution in [2.24, 2.45) is 0 Å². The Bertz CT molecular complexity index is 1140. The topological polar surface area (TPSA) is 91.2 Å². The van der Waals surface area contributed by atoms with Crippen LogP contribution in [0.2, 0.25) is 5.02 Å². The molecule has 0 aliphatic carbocycles. The van der Waals surface area contributed by atoms with Gasteiger partial charge in [-0.1, -0.05) is 22.8 Å². The minimum Gasteiger partial charge on any atom is -0.350 e. The van der Waals surface area contributed by atoms with Crippen molar-refractivity contribution >= 4 is 34.3 Å². The molecule has 3 aromatic rings. The summed E-state index contributed by atoms with van der Waals surface area (Å²) in [6, 6.07) is 4.84. The number of halogens is 4. The van der Waals surface area contributed by atoms with Crippen LogP contribution in [0.3, 0.4) is 0 Å². The van der Waals surface area contributed by atoms with Crippen molar-refractivity contribution in [2.75, 3.05) is 6.54 Å². The second-order valence-corrected chi connectivity index (χ2v) is 7.44. The summed E-state index contributed by atoms with van der Waals surface area (Å²) in [5, 5.41) is 6.83. The number of aromatic amines is 1. The van der Waals surface area contributed by atoms with Crippen LogP contribution in [-0.2, 0) is 13.0 Å². The predicted octanol–water partition coefficient (Wildman–Crippen LogP) is 3.69. The number of nitrogens with one attached hydrogen (secondary N) is 2. The van der Waals surface area contributed by atoms with E-state index in [1.54, 1.807) is 24.3 Å². The van der Waals surface area contributed by atoms with Gasteiger partial charge in [0.1, 0.15) is 11.7 Å². The molecule has 1 aromatic carbocycles. The Hall–Kier alpha value is -3.01. The number of H-pyrrole nitrogens is 1. The standard InChI is InChI=1S/C19H16ClF3N4O3/c1-9(19(21,22)23)24-17(28)16-11-8-27(6-5-14(11)26-30-16)18(29)15-7-10-12(20)3-2-4-13(10)25-15/h2-4,7,9,25H,5-6,8H2,1H3,(H,24,28). The molecule has 0 saturated carbocycles. The summed E-state index contributed by atoms with van der Waals surface area (Å²) in [4.78, 5) is 29.7. The van der Waals surface area contributed by atoms with Crippen molar-refractivity contribution in [1.82, 2.24) is 20.4 Å². The highest BCUT2D eigenvalue weighted by atomic mass is 35.5. The molecule has 0 spiro atoms. The van der Waals surface area contributed by atoms with Crippen LogP contribution in [0, 0.1) is 0 Å². The highest BCUT2D eigenvalue weighted by molar-refractivity contribution is 6.35. The third-order valence-electron chi connectivity index (χ3n) is 5.01. The quantitative estimate of drug-likeness (QED) is 0.650. The van der Waals surface area contributed by atoms with Crippen LogP contribution < -0.4 is 5.32 Å². The van der Waals surface area contributed by atoms with Crippen molar-refractivity contribution in [3.63, 3.8) is 0 Å². The largest absolute Gasteiger partial charge is 0.408 e. The zero-order valence-corrected chi connectivity index (χ0v) is 16.4. The van der Waals surface area contributed by atoms with Crippen molar-refractivity contribution < 1.29 is 27.3 Å². The van der Waals surface area contributed by atoms with Gasteiger partial charge in [0.15, 0.2) is 0 Å². The number of nitrogens with zero attached hydrogens (tertiary/aromatic N) is 2. The van der Waals surface area contributed by atoms with Gasteiger partial charge in [-0.2, -0.15) is 13.2 Å². The second-order valence-electron chi connectivity index (χ2n) is 7.03. The predicted molar refractivity (Wildman–Crippen MR) is 101 cm³/mol. The third-order valence-corrected chi connectivity index (χ3v) is 5.34. The number of carbonyl (C=O) groups is 2. The van der Waals surface area contributed by atoms with E-state index in [1.165, 1.54) is 4.90 Å². The van der Waals surface area contributed by atoms with Crippen LogP contribution in [-0.4, -0.2) is 45.6 Å². The third kappa shape index (κ3) is 3.62. The van der Waals surface area contributed by atoms with Gasteiger partial charge in [0, 0.05) is 34.5 Å². The van der Waals surface area contributed by atoms with Gasteiger partial charge in [-0.3, -0.25) is 9.59 Å². The van der Waals surface area contributed by atoms with E-state index in [-0.39, 0.29) is 18.2 Å². The van der Waals surface area contributed by atoms with Crippen LogP contribution in [0.15, 0.2) is 28.8 Å². The maximum atomic E-state index is 13.0. The fraction of sp³-hybridized carbons (Fsp3) is 0.316. The lowest BCUT2D eigenvalue weighted by Crippen LogP contribution is -2.43. The highest BCUT2D eigenvalue weighted by Gasteiger charge is 2.39. The van der Waals surface area contributed by atoms with Gasteiger partial charge in [0.2, 0.25) is 5.76 Å². The summed E-state index contributed by atoms with van der Waals surface area (Å²) in [6.07, 6.45) is -4.28. The van der Waals surface area contributed by atoms with E-state index in [1.807, 2.05) is 5.32 Å². The zero-order valence-electron chi connectivity index (χ0n) is 15.6. The molecule has 1 unspecified atom stereocenters. The van der Waals surface area contributed by atoms with Gasteiger partial charge in [-0.25, -0.2) is 0 Å². The minimum absolute atomic E-state index is 0.0100. The molecular weight excluding hydrogens is 425 g/mol. The fourth-order valence-electron chi connectivity index (χ4n) is 3.31. The number of fused-ring (bicyclic) bond motifs is 2. The van der Waals surface area contributed by atoms with Crippen molar-refractivity contribution in [2.45, 2.75) is 32.1 Å². The lowest BCUT2D eigenvalue weighted by Gasteiger charge is -2.26. The Balaban J connectivity index is 1.55. The molecule has 4 rings (SSSR count). The van der Waals surface area contributed by atoms with Crippen molar-refractivity contribution in [3.8, 4) is 0 Å². The summed E-state index contributed by atoms with van der Waals surface area (Å²) in [7, 11) is 0. The maximum absolute atomic E-state index is 13.0. The molecule has 11 heteroatoms. The fourth-order valence-corrected chi connectivity index (χ4v) is 3.54. The van der Waals surface area contributed by atoms with Gasteiger partial charge in [-0.15, -0.1) is 0 Å². The summed E-state index contributed by atoms with van der Waals surface area (Å²) >= 11 is 6.15. The Labute approximate surface area is 173 Å². The summed E-state index contributed by atoms with van der Waals surface area (Å²) < 4.78 is 43.2. The number of carbonyl (C=O) groups excluding carboxylic acids is 2. The molecule has 0 saturated heterocycles. The highest BCUT2D eigenvalue weighted by Crippen LogP contribution is 2.27. The number of rotatable bonds is 3. The summed E-state index contributed by atoms with van der Waals surface area (Å²) in [5.41, 5.74) is 1.77. The molecule has 0 fully saturated rings. The maximum Gasteiger partial charge on any atom is 0.408 e. The normalized spacial score (nSPS) is 15.2. The monoisotopic (exact) mass is 440 g/mol. The molecule has 0 bridgehead atoms. The molecular formula is C19H16ClF3N4O3. The van der Waals surface area contributed by atoms with Gasteiger partial charge in [0.25, 0.3) is 11.8 Å². The molecule has 2 amide bonds. The van der Waals surface area contributed by atoms with Crippen LogP contribution in [0.5, 0.6) is 0 Å². The van der Waals surface area contributed by atoms with Crippen LogP contribution in [0.25, 0.3) is 10.9 Å². The van der Waals surface area contributed by atoms with Crippen molar-refractivity contribution in [3.05, 3.63) is 52.0 Å². The lowest BCUT2D eigenvalue weighted by atomic mass is 10.0. The van der Waals surface area contributed by atoms with Gasteiger partial charge in [-0.05, 0) is 25.1 Å². The first kappa shape index (κ1) is 20.3. The number of benzene rings is 1. The van der Waals surface area contributed by atoms with E-state index in [2.05, 4.69) is 10.1 Å². The van der Waals surface area contributed by atoms with Crippen LogP contribution in [0.1, 0.15) is 39.2 Å². The number of aromatic nitrogens is 2. The van der Waals surface area contributed by atoms with Gasteiger partial charge in [0.05, 0.1) is 12.2 Å². The summed E-state index contributed by atoms with van der Waals surface area (Å²) in [5.74, 6) is -1.68. The number of amides is 2. The average Bonchev–Trinajstić information content (AvgIpc) is 3.31. The van der Waals surface area contributed by atoms with E-state index in [9.17, 15) is 22.8 Å². The van der Waals surface area contributed by atoms with E-state index >= 15 is 0 Å². The molecule has 2 N–H and O–H groups in total. The molecule has 1 atom stereocenters. The average molecular weight is 441 g/mol. The van der Waals surface area contributed by atoms with Crippen LogP contribution in [0.4, 0.5) is 13.2 Å². The van der Waals surface area contributed by atoms with E-state index < -0.39 is 18.1 Å². The number of hydrogen-bond donors (Lipinski definition) is 2. The van der Waals surface area contributed by atoms with Gasteiger partial charge >= 0.3 is 6.18 Å². The molecule has 1 aliphatic rings. The molecule has 3 heterocycles. The molecule has 30 heavy (non-hydrogen) atoms. The van der Waals surface area contributed by atoms with E-state index in [0.29, 0.717) is 45.8 Å². The lowest BCUT2D eigenvalue weighted by molar-refractivity contribution is -0.149. The van der Waals surface area contributed by atoms with Crippen molar-refractivity contribution in [1.29, 1.82) is 0 Å². The Morgan fingerprint density at radius 1 is 1.37 bits per heavy atom. The first-order chi connectivity index (χ1) is 14.1. The first-order valence-corrected chi connectivity index (χ1v) is 9.44. The Morgan fingerprint density at radius 2 is 2.13 bits per heavy atom. The van der Waals surface area contributed by atoms with E-state index in [4.69, 9.17) is 16.1 Å². The van der Waals surface area contributed by atoms with Gasteiger partial charge < -0.3 is 19.7 Å². The Kier molecular flexibility index (Phi) is 4.97. The molecule has 1 aliphatic heterocycles. The van der Waals surface area contributed by atoms with Crippen LogP contribution >= 0.6 is 11.6 Å². The smallest absolute Gasteiger partial charge is 0.350 e. The number of hydrogen-bond acceptors (Lipinski definition) is 4. The number of alkyl halides is 3. The Morgan fingerprint density at radius 3 is 2.83 bits per heavy atom. The molecule has 158 valence electrons. The van der Waals surface area contributed by atoms with E-state index in [0.717, 1.165) is 6.92 Å². The molecule has 0 radical (unpaired) electrons.